The van der Waals surface area contributed by atoms with Crippen molar-refractivity contribution in [2.24, 2.45) is 17.8 Å². The Labute approximate surface area is 170 Å². The van der Waals surface area contributed by atoms with Crippen molar-refractivity contribution in [3.05, 3.63) is 48.5 Å². The van der Waals surface area contributed by atoms with Crippen LogP contribution in [0, 0.1) is 23.6 Å². The molecular formula is C22H27FN4O2. The van der Waals surface area contributed by atoms with Crippen molar-refractivity contribution >= 4 is 11.7 Å². The second kappa shape index (κ2) is 7.78. The molecule has 2 aliphatic carbocycles. The Balaban J connectivity index is 1.25. The number of fused-ring (bicyclic) bond motifs is 1. The lowest BCUT2D eigenvalue weighted by Crippen LogP contribution is -2.38. The van der Waals surface area contributed by atoms with Gasteiger partial charge in [-0.25, -0.2) is 9.18 Å². The second-order valence-electron chi connectivity index (χ2n) is 8.70. The lowest BCUT2D eigenvalue weighted by Gasteiger charge is -2.37. The number of hydrogen-bond donors (Lipinski definition) is 1. The van der Waals surface area contributed by atoms with Crippen LogP contribution < -0.4 is 5.32 Å². The summed E-state index contributed by atoms with van der Waals surface area (Å²) in [4.78, 5) is 14.6. The van der Waals surface area contributed by atoms with Crippen LogP contribution in [0.2, 0.25) is 0 Å². The van der Waals surface area contributed by atoms with Crippen LogP contribution in [0.4, 0.5) is 14.9 Å². The summed E-state index contributed by atoms with van der Waals surface area (Å²) in [5.74, 6) is 1.32. The first-order valence-corrected chi connectivity index (χ1v) is 10.6. The Kier molecular flexibility index (Phi) is 4.99. The van der Waals surface area contributed by atoms with Crippen molar-refractivity contribution in [3.63, 3.8) is 0 Å². The van der Waals surface area contributed by atoms with Crippen LogP contribution in [-0.4, -0.2) is 46.5 Å². The van der Waals surface area contributed by atoms with Gasteiger partial charge in [-0.15, -0.1) is 0 Å². The van der Waals surface area contributed by atoms with Gasteiger partial charge in [-0.3, -0.25) is 4.68 Å². The molecule has 1 aliphatic heterocycles. The fraction of sp³-hybridized carbons (Fsp3) is 0.545. The molecule has 3 aliphatic rings. The molecule has 0 unspecified atom stereocenters. The number of hydrogen-bond acceptors (Lipinski definition) is 3. The number of amides is 2. The number of benzene rings is 1. The molecule has 2 saturated carbocycles. The van der Waals surface area contributed by atoms with E-state index in [0.29, 0.717) is 17.5 Å². The molecule has 3 fully saturated rings. The maximum atomic E-state index is 13.1. The van der Waals surface area contributed by atoms with E-state index in [1.165, 1.54) is 25.0 Å². The SMILES string of the molecule is O=C(Nc1ccc(F)cc1)N1C[C@H]2C[C@H](OCC3CC3)[C@@H](n3cccn3)C[C@H]2C1. The number of nitrogens with zero attached hydrogens (tertiary/aromatic N) is 3. The van der Waals surface area contributed by atoms with Crippen LogP contribution in [0.3, 0.4) is 0 Å². The van der Waals surface area contributed by atoms with E-state index < -0.39 is 0 Å². The first-order chi connectivity index (χ1) is 14.2. The van der Waals surface area contributed by atoms with Crippen molar-refractivity contribution in [1.29, 1.82) is 0 Å². The minimum atomic E-state index is -0.308. The van der Waals surface area contributed by atoms with Gasteiger partial charge >= 0.3 is 6.03 Å². The molecule has 1 saturated heterocycles. The molecule has 154 valence electrons. The zero-order chi connectivity index (χ0) is 19.8. The van der Waals surface area contributed by atoms with Gasteiger partial charge < -0.3 is 15.0 Å². The van der Waals surface area contributed by atoms with Crippen LogP contribution in [0.1, 0.15) is 31.7 Å². The van der Waals surface area contributed by atoms with Crippen LogP contribution in [0.15, 0.2) is 42.7 Å². The van der Waals surface area contributed by atoms with Gasteiger partial charge in [-0.2, -0.15) is 5.10 Å². The number of anilines is 1. The maximum absolute atomic E-state index is 13.1. The van der Waals surface area contributed by atoms with Gasteiger partial charge in [0.1, 0.15) is 5.82 Å². The number of ether oxygens (including phenoxy) is 1. The van der Waals surface area contributed by atoms with Crippen molar-refractivity contribution in [2.45, 2.75) is 37.8 Å². The van der Waals surface area contributed by atoms with Gasteiger partial charge in [-0.05, 0) is 73.8 Å². The van der Waals surface area contributed by atoms with Gasteiger partial charge in [0, 0.05) is 37.8 Å². The molecule has 2 aromatic rings. The quantitative estimate of drug-likeness (QED) is 0.830. The fourth-order valence-corrected chi connectivity index (χ4v) is 4.77. The van der Waals surface area contributed by atoms with Gasteiger partial charge in [-0.1, -0.05) is 0 Å². The summed E-state index contributed by atoms with van der Waals surface area (Å²) < 4.78 is 21.5. The molecule has 7 heteroatoms. The molecule has 6 nitrogen and oxygen atoms in total. The predicted octanol–water partition coefficient (Wildman–Crippen LogP) is 3.93. The third-order valence-electron chi connectivity index (χ3n) is 6.58. The van der Waals surface area contributed by atoms with Crippen molar-refractivity contribution in [3.8, 4) is 0 Å². The van der Waals surface area contributed by atoms with Gasteiger partial charge in [0.25, 0.3) is 0 Å². The number of carbonyl (C=O) groups is 1. The number of halogens is 1. The highest BCUT2D eigenvalue weighted by molar-refractivity contribution is 5.89. The summed E-state index contributed by atoms with van der Waals surface area (Å²) in [5.41, 5.74) is 0.617. The van der Waals surface area contributed by atoms with Crippen LogP contribution >= 0.6 is 0 Å². The molecular weight excluding hydrogens is 371 g/mol. The summed E-state index contributed by atoms with van der Waals surface area (Å²) in [6.45, 7) is 2.33. The lowest BCUT2D eigenvalue weighted by molar-refractivity contribution is -0.0371. The van der Waals surface area contributed by atoms with E-state index in [-0.39, 0.29) is 24.0 Å². The molecule has 1 aromatic heterocycles. The molecule has 5 rings (SSSR count). The third-order valence-corrected chi connectivity index (χ3v) is 6.58. The first-order valence-electron chi connectivity index (χ1n) is 10.6. The normalized spacial score (nSPS) is 28.9. The highest BCUT2D eigenvalue weighted by Crippen LogP contribution is 2.43. The Morgan fingerprint density at radius 1 is 1.17 bits per heavy atom. The third kappa shape index (κ3) is 4.15. The zero-order valence-electron chi connectivity index (χ0n) is 16.4. The Bertz CT molecular complexity index is 837. The largest absolute Gasteiger partial charge is 0.376 e. The molecule has 0 radical (unpaired) electrons. The van der Waals surface area contributed by atoms with E-state index in [2.05, 4.69) is 10.4 Å². The molecule has 4 atom stereocenters. The van der Waals surface area contributed by atoms with Crippen molar-refractivity contribution < 1.29 is 13.9 Å². The van der Waals surface area contributed by atoms with E-state index in [4.69, 9.17) is 4.74 Å². The Morgan fingerprint density at radius 3 is 2.62 bits per heavy atom. The van der Waals surface area contributed by atoms with E-state index in [1.54, 1.807) is 12.1 Å². The van der Waals surface area contributed by atoms with Gasteiger partial charge in [0.2, 0.25) is 0 Å². The summed E-state index contributed by atoms with van der Waals surface area (Å²) in [6, 6.07) is 7.96. The van der Waals surface area contributed by atoms with E-state index in [1.807, 2.05) is 28.0 Å². The summed E-state index contributed by atoms with van der Waals surface area (Å²) in [5, 5.41) is 7.37. The average Bonchev–Trinajstić information content (AvgIpc) is 3.22. The molecule has 0 spiro atoms. The van der Waals surface area contributed by atoms with Crippen LogP contribution in [0.25, 0.3) is 0 Å². The molecule has 2 heterocycles. The average molecular weight is 398 g/mol. The molecule has 2 amide bonds. The number of nitrogens with one attached hydrogen (secondary N) is 1. The molecule has 1 aromatic carbocycles. The van der Waals surface area contributed by atoms with E-state index >= 15 is 0 Å². The van der Waals surface area contributed by atoms with Crippen LogP contribution in [0.5, 0.6) is 0 Å². The number of urea groups is 1. The van der Waals surface area contributed by atoms with Crippen LogP contribution in [-0.2, 0) is 4.74 Å². The highest BCUT2D eigenvalue weighted by Gasteiger charge is 2.45. The maximum Gasteiger partial charge on any atom is 0.321 e. The molecule has 1 N–H and O–H groups in total. The van der Waals surface area contributed by atoms with Crippen molar-refractivity contribution in [1.82, 2.24) is 14.7 Å². The summed E-state index contributed by atoms with van der Waals surface area (Å²) in [6.07, 6.45) is 8.49. The minimum absolute atomic E-state index is 0.114. The summed E-state index contributed by atoms with van der Waals surface area (Å²) >= 11 is 0. The predicted molar refractivity (Wildman–Crippen MR) is 107 cm³/mol. The summed E-state index contributed by atoms with van der Waals surface area (Å²) in [7, 11) is 0. The number of likely N-dealkylation sites (tertiary alicyclic amines) is 1. The second-order valence-corrected chi connectivity index (χ2v) is 8.70. The fourth-order valence-electron chi connectivity index (χ4n) is 4.77. The molecule has 0 bridgehead atoms. The molecule has 29 heavy (non-hydrogen) atoms. The smallest absolute Gasteiger partial charge is 0.321 e. The van der Waals surface area contributed by atoms with Crippen molar-refractivity contribution in [2.75, 3.05) is 25.0 Å². The topological polar surface area (TPSA) is 59.4 Å². The van der Waals surface area contributed by atoms with Gasteiger partial charge in [0.05, 0.1) is 12.1 Å². The Morgan fingerprint density at radius 2 is 1.93 bits per heavy atom. The van der Waals surface area contributed by atoms with Gasteiger partial charge in [0.15, 0.2) is 0 Å². The number of carbonyl (C=O) groups excluding carboxylic acids is 1. The standard InChI is InChI=1S/C22H27FN4O2/c23-18-4-6-19(7-5-18)25-22(28)26-12-16-10-20(27-9-1-8-24-27)21(11-17(16)13-26)29-14-15-2-3-15/h1,4-9,15-17,20-21H,2-3,10-14H2,(H,25,28)/t16-,17+,20-,21-/m0/s1. The number of rotatable bonds is 5. The monoisotopic (exact) mass is 398 g/mol. The number of aromatic nitrogens is 2. The van der Waals surface area contributed by atoms with E-state index in [0.717, 1.165) is 38.5 Å². The zero-order valence-corrected chi connectivity index (χ0v) is 16.4. The van der Waals surface area contributed by atoms with E-state index in [9.17, 15) is 9.18 Å². The highest BCUT2D eigenvalue weighted by atomic mass is 19.1. The Hall–Kier alpha value is -2.41. The first kappa shape index (κ1) is 18.6. The lowest BCUT2D eigenvalue weighted by atomic mass is 9.77. The minimum Gasteiger partial charge on any atom is -0.376 e.